The minimum atomic E-state index is -4.41. The highest BCUT2D eigenvalue weighted by Gasteiger charge is 2.35. The van der Waals surface area contributed by atoms with Crippen molar-refractivity contribution in [2.75, 3.05) is 0 Å². The fourth-order valence-corrected chi connectivity index (χ4v) is 1.25. The molecule has 1 nitrogen and oxygen atoms in total. The standard InChI is InChI=1S/C9H7BrF3N/c1-6(5-10)7-3-2-4-14-8(7)9(11,12)13/h2-5H,1H3. The molecule has 5 heteroatoms. The van der Waals surface area contributed by atoms with Crippen molar-refractivity contribution < 1.29 is 13.2 Å². The van der Waals surface area contributed by atoms with Crippen molar-refractivity contribution in [1.29, 1.82) is 0 Å². The molecule has 0 spiro atoms. The van der Waals surface area contributed by atoms with Crippen molar-refractivity contribution in [3.63, 3.8) is 0 Å². The molecule has 0 saturated carbocycles. The summed E-state index contributed by atoms with van der Waals surface area (Å²) in [6.45, 7) is 1.58. The SMILES string of the molecule is CC(=CBr)c1cccnc1C(F)(F)F. The Balaban J connectivity index is 3.31. The van der Waals surface area contributed by atoms with Gasteiger partial charge in [0.15, 0.2) is 5.69 Å². The van der Waals surface area contributed by atoms with Crippen LogP contribution in [0.1, 0.15) is 18.2 Å². The third-order valence-corrected chi connectivity index (χ3v) is 2.35. The van der Waals surface area contributed by atoms with Crippen molar-refractivity contribution in [3.05, 3.63) is 34.6 Å². The summed E-state index contributed by atoms with van der Waals surface area (Å²) in [5, 5.41) is 0. The Morgan fingerprint density at radius 1 is 1.50 bits per heavy atom. The second-order valence-electron chi connectivity index (χ2n) is 2.69. The number of hydrogen-bond acceptors (Lipinski definition) is 1. The van der Waals surface area contributed by atoms with Gasteiger partial charge >= 0.3 is 6.18 Å². The van der Waals surface area contributed by atoms with Crippen LogP contribution in [0.5, 0.6) is 0 Å². The molecular formula is C9H7BrF3N. The maximum Gasteiger partial charge on any atom is 0.433 e. The summed E-state index contributed by atoms with van der Waals surface area (Å²) in [5.41, 5.74) is -0.268. The number of halogens is 4. The molecule has 0 N–H and O–H groups in total. The summed E-state index contributed by atoms with van der Waals surface area (Å²) in [6.07, 6.45) is -3.28. The van der Waals surface area contributed by atoms with E-state index in [1.165, 1.54) is 17.1 Å². The summed E-state index contributed by atoms with van der Waals surface area (Å²) < 4.78 is 37.3. The maximum atomic E-state index is 12.4. The molecule has 14 heavy (non-hydrogen) atoms. The average Bonchev–Trinajstić information content (AvgIpc) is 2.15. The highest BCUT2D eigenvalue weighted by atomic mass is 79.9. The van der Waals surface area contributed by atoms with Crippen LogP contribution in [0.15, 0.2) is 23.3 Å². The molecule has 0 aliphatic carbocycles. The first kappa shape index (κ1) is 11.2. The van der Waals surface area contributed by atoms with Crippen LogP contribution in [0.3, 0.4) is 0 Å². The summed E-state index contributed by atoms with van der Waals surface area (Å²) in [7, 11) is 0. The second-order valence-corrected chi connectivity index (χ2v) is 3.15. The molecule has 0 fully saturated rings. The van der Waals surface area contributed by atoms with E-state index in [9.17, 15) is 13.2 Å². The Labute approximate surface area is 87.8 Å². The van der Waals surface area contributed by atoms with Crippen LogP contribution >= 0.6 is 15.9 Å². The molecule has 0 aromatic carbocycles. The Bertz CT molecular complexity index is 357. The smallest absolute Gasteiger partial charge is 0.251 e. The lowest BCUT2D eigenvalue weighted by Crippen LogP contribution is -2.10. The van der Waals surface area contributed by atoms with E-state index >= 15 is 0 Å². The zero-order valence-electron chi connectivity index (χ0n) is 7.27. The van der Waals surface area contributed by atoms with Gasteiger partial charge in [0.2, 0.25) is 0 Å². The molecule has 0 saturated heterocycles. The van der Waals surface area contributed by atoms with Gasteiger partial charge in [-0.3, -0.25) is 4.98 Å². The minimum absolute atomic E-state index is 0.0943. The van der Waals surface area contributed by atoms with Crippen LogP contribution in [0, 0.1) is 0 Å². The van der Waals surface area contributed by atoms with Crippen molar-refractivity contribution in [2.24, 2.45) is 0 Å². The third kappa shape index (κ3) is 2.35. The number of alkyl halides is 3. The Hall–Kier alpha value is -0.840. The van der Waals surface area contributed by atoms with Crippen molar-refractivity contribution in [1.82, 2.24) is 4.98 Å². The van der Waals surface area contributed by atoms with Gasteiger partial charge in [0, 0.05) is 11.8 Å². The van der Waals surface area contributed by atoms with Crippen LogP contribution in [0.4, 0.5) is 13.2 Å². The van der Waals surface area contributed by atoms with E-state index in [-0.39, 0.29) is 5.56 Å². The molecule has 1 heterocycles. The minimum Gasteiger partial charge on any atom is -0.251 e. The molecule has 1 aromatic rings. The van der Waals surface area contributed by atoms with Gasteiger partial charge in [0.1, 0.15) is 0 Å². The maximum absolute atomic E-state index is 12.4. The number of rotatable bonds is 1. The predicted molar refractivity (Wildman–Crippen MR) is 51.8 cm³/mol. The summed E-state index contributed by atoms with van der Waals surface area (Å²) in [5.74, 6) is 0. The van der Waals surface area contributed by atoms with Crippen molar-refractivity contribution in [3.8, 4) is 0 Å². The number of hydrogen-bond donors (Lipinski definition) is 0. The van der Waals surface area contributed by atoms with Gasteiger partial charge in [-0.15, -0.1) is 0 Å². The van der Waals surface area contributed by atoms with Crippen LogP contribution in [0.25, 0.3) is 5.57 Å². The second kappa shape index (κ2) is 4.13. The zero-order chi connectivity index (χ0) is 10.8. The predicted octanol–water partition coefficient (Wildman–Crippen LogP) is 3.86. The largest absolute Gasteiger partial charge is 0.433 e. The van der Waals surface area contributed by atoms with E-state index in [2.05, 4.69) is 20.9 Å². The lowest BCUT2D eigenvalue weighted by atomic mass is 10.1. The van der Waals surface area contributed by atoms with Gasteiger partial charge in [-0.1, -0.05) is 22.0 Å². The van der Waals surface area contributed by atoms with Crippen LogP contribution in [0.2, 0.25) is 0 Å². The number of nitrogens with zero attached hydrogens (tertiary/aromatic N) is 1. The van der Waals surface area contributed by atoms with Gasteiger partial charge in [-0.25, -0.2) is 0 Å². The first-order valence-corrected chi connectivity index (χ1v) is 4.68. The third-order valence-electron chi connectivity index (χ3n) is 1.66. The van der Waals surface area contributed by atoms with Crippen molar-refractivity contribution in [2.45, 2.75) is 13.1 Å². The van der Waals surface area contributed by atoms with E-state index in [1.807, 2.05) is 0 Å². The van der Waals surface area contributed by atoms with Gasteiger partial charge in [-0.05, 0) is 23.5 Å². The first-order chi connectivity index (χ1) is 6.46. The molecule has 0 aliphatic heterocycles. The molecule has 0 atom stereocenters. The number of aromatic nitrogens is 1. The lowest BCUT2D eigenvalue weighted by molar-refractivity contribution is -0.141. The topological polar surface area (TPSA) is 12.9 Å². The number of pyridine rings is 1. The van der Waals surface area contributed by atoms with Gasteiger partial charge < -0.3 is 0 Å². The van der Waals surface area contributed by atoms with Gasteiger partial charge in [0.25, 0.3) is 0 Å². The first-order valence-electron chi connectivity index (χ1n) is 3.76. The molecule has 1 aromatic heterocycles. The fourth-order valence-electron chi connectivity index (χ4n) is 1.01. The summed E-state index contributed by atoms with van der Waals surface area (Å²) in [4.78, 5) is 4.78. The molecular weight excluding hydrogens is 259 g/mol. The molecule has 0 unspecified atom stereocenters. The summed E-state index contributed by atoms with van der Waals surface area (Å²) in [6, 6.07) is 2.87. The molecule has 1 rings (SSSR count). The molecule has 0 amide bonds. The normalized spacial score (nSPS) is 13.1. The molecule has 0 radical (unpaired) electrons. The Kier molecular flexibility index (Phi) is 3.31. The zero-order valence-corrected chi connectivity index (χ0v) is 8.85. The molecule has 0 bridgehead atoms. The van der Waals surface area contributed by atoms with Crippen LogP contribution < -0.4 is 0 Å². The molecule has 76 valence electrons. The van der Waals surface area contributed by atoms with E-state index in [0.717, 1.165) is 6.20 Å². The fraction of sp³-hybridized carbons (Fsp3) is 0.222. The Morgan fingerprint density at radius 3 is 2.64 bits per heavy atom. The van der Waals surface area contributed by atoms with E-state index in [1.54, 1.807) is 6.92 Å². The van der Waals surface area contributed by atoms with E-state index in [0.29, 0.717) is 5.57 Å². The average molecular weight is 266 g/mol. The van der Waals surface area contributed by atoms with Crippen LogP contribution in [-0.2, 0) is 6.18 Å². The lowest BCUT2D eigenvalue weighted by Gasteiger charge is -2.10. The van der Waals surface area contributed by atoms with E-state index in [4.69, 9.17) is 0 Å². The molecule has 0 aliphatic rings. The highest BCUT2D eigenvalue weighted by molar-refractivity contribution is 9.11. The monoisotopic (exact) mass is 265 g/mol. The van der Waals surface area contributed by atoms with Gasteiger partial charge in [0.05, 0.1) is 0 Å². The quantitative estimate of drug-likeness (QED) is 0.752. The van der Waals surface area contributed by atoms with Crippen molar-refractivity contribution >= 4 is 21.5 Å². The summed E-state index contributed by atoms with van der Waals surface area (Å²) >= 11 is 3.00. The Morgan fingerprint density at radius 2 is 2.14 bits per heavy atom. The van der Waals surface area contributed by atoms with E-state index < -0.39 is 11.9 Å². The highest BCUT2D eigenvalue weighted by Crippen LogP contribution is 2.33. The van der Waals surface area contributed by atoms with Crippen LogP contribution in [-0.4, -0.2) is 4.98 Å². The number of allylic oxidation sites excluding steroid dienone is 1. The van der Waals surface area contributed by atoms with Gasteiger partial charge in [-0.2, -0.15) is 13.2 Å².